The van der Waals surface area contributed by atoms with E-state index >= 15 is 0 Å². The van der Waals surface area contributed by atoms with Gasteiger partial charge in [0.05, 0.1) is 11.5 Å². The Hall–Kier alpha value is -0.950. The van der Waals surface area contributed by atoms with E-state index in [1.165, 1.54) is 4.31 Å². The average molecular weight is 300 g/mol. The van der Waals surface area contributed by atoms with E-state index in [0.29, 0.717) is 37.6 Å². The molecule has 1 aromatic carbocycles. The highest BCUT2D eigenvalue weighted by Gasteiger charge is 2.25. The fourth-order valence-corrected chi connectivity index (χ4v) is 3.82. The van der Waals surface area contributed by atoms with Crippen LogP contribution in [-0.4, -0.2) is 39.5 Å². The Morgan fingerprint density at radius 3 is 2.50 bits per heavy atom. The second kappa shape index (κ2) is 7.73. The molecule has 6 heteroatoms. The summed E-state index contributed by atoms with van der Waals surface area (Å²) >= 11 is 0. The number of aryl methyl sites for hydroxylation is 1. The van der Waals surface area contributed by atoms with Crippen LogP contribution in [0.3, 0.4) is 0 Å². The van der Waals surface area contributed by atoms with Gasteiger partial charge in [0.2, 0.25) is 10.0 Å². The van der Waals surface area contributed by atoms with Crippen LogP contribution in [0.25, 0.3) is 0 Å². The summed E-state index contributed by atoms with van der Waals surface area (Å²) in [7, 11) is -1.94. The molecule has 0 bridgehead atoms. The van der Waals surface area contributed by atoms with Crippen LogP contribution in [0, 0.1) is 0 Å². The van der Waals surface area contributed by atoms with E-state index in [-0.39, 0.29) is 0 Å². The molecule has 0 spiro atoms. The molecule has 0 saturated heterocycles. The van der Waals surface area contributed by atoms with E-state index in [0.717, 1.165) is 11.1 Å². The topological polar surface area (TPSA) is 72.6 Å². The predicted octanol–water partition coefficient (Wildman–Crippen LogP) is 1.36. The van der Waals surface area contributed by atoms with Crippen LogP contribution in [0.2, 0.25) is 0 Å². The predicted molar refractivity (Wildman–Crippen MR) is 80.0 cm³/mol. The van der Waals surface area contributed by atoms with E-state index < -0.39 is 10.0 Å². The Balaban J connectivity index is 3.24. The van der Waals surface area contributed by atoms with Gasteiger partial charge in [-0.05, 0) is 23.6 Å². The Bertz CT molecular complexity index is 529. The Morgan fingerprint density at radius 2 is 2.00 bits per heavy atom. The fourth-order valence-electron chi connectivity index (χ4n) is 2.04. The van der Waals surface area contributed by atoms with E-state index in [1.807, 2.05) is 26.0 Å². The number of nitrogens with two attached hydrogens (primary N) is 1. The first-order chi connectivity index (χ1) is 9.51. The van der Waals surface area contributed by atoms with Gasteiger partial charge in [-0.3, -0.25) is 0 Å². The van der Waals surface area contributed by atoms with Crippen molar-refractivity contribution in [1.82, 2.24) is 4.31 Å². The van der Waals surface area contributed by atoms with Crippen molar-refractivity contribution in [2.24, 2.45) is 5.73 Å². The lowest BCUT2D eigenvalue weighted by atomic mass is 10.1. The van der Waals surface area contributed by atoms with Crippen molar-refractivity contribution in [2.75, 3.05) is 26.8 Å². The van der Waals surface area contributed by atoms with Crippen LogP contribution in [0.4, 0.5) is 0 Å². The molecule has 5 nitrogen and oxygen atoms in total. The first-order valence-corrected chi connectivity index (χ1v) is 8.26. The quantitative estimate of drug-likeness (QED) is 0.787. The summed E-state index contributed by atoms with van der Waals surface area (Å²) in [6.07, 6.45) is 0.668. The van der Waals surface area contributed by atoms with Crippen LogP contribution < -0.4 is 5.73 Å². The number of likely N-dealkylation sites (N-methyl/N-ethyl adjacent to an activating group) is 1. The molecule has 114 valence electrons. The van der Waals surface area contributed by atoms with Crippen molar-refractivity contribution in [3.8, 4) is 0 Å². The van der Waals surface area contributed by atoms with Crippen molar-refractivity contribution in [3.05, 3.63) is 29.3 Å². The lowest BCUT2D eigenvalue weighted by Crippen LogP contribution is -2.34. The monoisotopic (exact) mass is 300 g/mol. The van der Waals surface area contributed by atoms with Gasteiger partial charge in [-0.25, -0.2) is 8.42 Å². The standard InChI is InChI=1S/C14H24N2O3S/c1-4-13-7-6-12(11-15)10-14(13)20(17,18)16(5-2)8-9-19-3/h6-7,10H,4-5,8-9,11,15H2,1-3H3. The number of nitrogens with zero attached hydrogens (tertiary/aromatic N) is 1. The van der Waals surface area contributed by atoms with Crippen molar-refractivity contribution < 1.29 is 13.2 Å². The van der Waals surface area contributed by atoms with Gasteiger partial charge in [0, 0.05) is 26.7 Å². The van der Waals surface area contributed by atoms with Gasteiger partial charge in [0.15, 0.2) is 0 Å². The van der Waals surface area contributed by atoms with Crippen molar-refractivity contribution >= 4 is 10.0 Å². The van der Waals surface area contributed by atoms with Gasteiger partial charge in [-0.2, -0.15) is 4.31 Å². The minimum absolute atomic E-state index is 0.330. The molecule has 1 aromatic rings. The smallest absolute Gasteiger partial charge is 0.243 e. The summed E-state index contributed by atoms with van der Waals surface area (Å²) in [5, 5.41) is 0. The summed E-state index contributed by atoms with van der Waals surface area (Å²) in [6.45, 7) is 5.25. The normalized spacial score (nSPS) is 12.1. The zero-order valence-electron chi connectivity index (χ0n) is 12.4. The minimum atomic E-state index is -3.50. The molecule has 0 amide bonds. The lowest BCUT2D eigenvalue weighted by molar-refractivity contribution is 0.180. The maximum absolute atomic E-state index is 12.7. The van der Waals surface area contributed by atoms with Crippen LogP contribution in [0.15, 0.2) is 23.1 Å². The average Bonchev–Trinajstić information content (AvgIpc) is 2.47. The second-order valence-corrected chi connectivity index (χ2v) is 6.40. The van der Waals surface area contributed by atoms with E-state index in [4.69, 9.17) is 10.5 Å². The highest BCUT2D eigenvalue weighted by Crippen LogP contribution is 2.22. The number of rotatable bonds is 8. The van der Waals surface area contributed by atoms with Gasteiger partial charge in [0.1, 0.15) is 0 Å². The number of sulfonamides is 1. The molecular formula is C14H24N2O3S. The highest BCUT2D eigenvalue weighted by atomic mass is 32.2. The largest absolute Gasteiger partial charge is 0.383 e. The summed E-state index contributed by atoms with van der Waals surface area (Å²) in [5.41, 5.74) is 7.25. The number of ether oxygens (including phenoxy) is 1. The minimum Gasteiger partial charge on any atom is -0.383 e. The Labute approximate surface area is 121 Å². The van der Waals surface area contributed by atoms with Crippen molar-refractivity contribution in [3.63, 3.8) is 0 Å². The number of hydrogen-bond acceptors (Lipinski definition) is 4. The van der Waals surface area contributed by atoms with Crippen molar-refractivity contribution in [2.45, 2.75) is 31.7 Å². The maximum atomic E-state index is 12.7. The van der Waals surface area contributed by atoms with Crippen LogP contribution in [0.5, 0.6) is 0 Å². The van der Waals surface area contributed by atoms with Gasteiger partial charge < -0.3 is 10.5 Å². The molecular weight excluding hydrogens is 276 g/mol. The molecule has 0 atom stereocenters. The molecule has 1 rings (SSSR count). The molecule has 0 aliphatic carbocycles. The Kier molecular flexibility index (Phi) is 6.61. The summed E-state index contributed by atoms with van der Waals surface area (Å²) in [4.78, 5) is 0.362. The molecule has 0 aliphatic rings. The summed E-state index contributed by atoms with van der Waals surface area (Å²) in [5.74, 6) is 0. The van der Waals surface area contributed by atoms with Crippen LogP contribution in [-0.2, 0) is 27.7 Å². The molecule has 0 aliphatic heterocycles. The molecule has 0 unspecified atom stereocenters. The molecule has 2 N–H and O–H groups in total. The van der Waals surface area contributed by atoms with Gasteiger partial charge in [-0.1, -0.05) is 26.0 Å². The first-order valence-electron chi connectivity index (χ1n) is 6.82. The third kappa shape index (κ3) is 3.79. The van der Waals surface area contributed by atoms with Crippen LogP contribution in [0.1, 0.15) is 25.0 Å². The van der Waals surface area contributed by atoms with Gasteiger partial charge in [-0.15, -0.1) is 0 Å². The van der Waals surface area contributed by atoms with Gasteiger partial charge >= 0.3 is 0 Å². The van der Waals surface area contributed by atoms with E-state index in [2.05, 4.69) is 0 Å². The zero-order chi connectivity index (χ0) is 15.2. The van der Waals surface area contributed by atoms with E-state index in [9.17, 15) is 8.42 Å². The molecule has 0 aromatic heterocycles. The lowest BCUT2D eigenvalue weighted by Gasteiger charge is -2.22. The highest BCUT2D eigenvalue weighted by molar-refractivity contribution is 7.89. The third-order valence-corrected chi connectivity index (χ3v) is 5.32. The zero-order valence-corrected chi connectivity index (χ0v) is 13.2. The first kappa shape index (κ1) is 17.1. The fraction of sp³-hybridized carbons (Fsp3) is 0.571. The molecule has 20 heavy (non-hydrogen) atoms. The van der Waals surface area contributed by atoms with Crippen LogP contribution >= 0.6 is 0 Å². The number of hydrogen-bond donors (Lipinski definition) is 1. The Morgan fingerprint density at radius 1 is 1.30 bits per heavy atom. The maximum Gasteiger partial charge on any atom is 0.243 e. The summed E-state index contributed by atoms with van der Waals surface area (Å²) < 4.78 is 31.9. The molecule has 0 fully saturated rings. The molecule has 0 radical (unpaired) electrons. The third-order valence-electron chi connectivity index (χ3n) is 3.26. The summed E-state index contributed by atoms with van der Waals surface area (Å²) in [6, 6.07) is 5.41. The SMILES string of the molecule is CCc1ccc(CN)cc1S(=O)(=O)N(CC)CCOC. The second-order valence-electron chi connectivity index (χ2n) is 4.49. The van der Waals surface area contributed by atoms with Gasteiger partial charge in [0.25, 0.3) is 0 Å². The molecule has 0 heterocycles. The number of benzene rings is 1. The van der Waals surface area contributed by atoms with E-state index in [1.54, 1.807) is 13.2 Å². The van der Waals surface area contributed by atoms with Crippen molar-refractivity contribution in [1.29, 1.82) is 0 Å². The molecule has 0 saturated carbocycles. The number of methoxy groups -OCH3 is 1.